The summed E-state index contributed by atoms with van der Waals surface area (Å²) in [4.78, 5) is 0. The molecule has 3 aliphatic carbocycles. The summed E-state index contributed by atoms with van der Waals surface area (Å²) in [5.41, 5.74) is 1.70. The van der Waals surface area contributed by atoms with Crippen LogP contribution in [0.2, 0.25) is 0 Å². The van der Waals surface area contributed by atoms with Crippen LogP contribution in [0.25, 0.3) is 0 Å². The summed E-state index contributed by atoms with van der Waals surface area (Å²) in [6, 6.07) is 0. The fourth-order valence-corrected chi connectivity index (χ4v) is 3.29. The van der Waals surface area contributed by atoms with E-state index >= 15 is 0 Å². The summed E-state index contributed by atoms with van der Waals surface area (Å²) >= 11 is 0. The van der Waals surface area contributed by atoms with E-state index < -0.39 is 0 Å². The maximum Gasteiger partial charge on any atom is 0.0501 e. The SMILES string of the molecule is COCC1C2(CC2)C12CC2. The van der Waals surface area contributed by atoms with E-state index in [2.05, 4.69) is 0 Å². The van der Waals surface area contributed by atoms with Crippen LogP contribution in [0, 0.1) is 16.7 Å². The van der Waals surface area contributed by atoms with Gasteiger partial charge in [0.1, 0.15) is 0 Å². The quantitative estimate of drug-likeness (QED) is 0.565. The van der Waals surface area contributed by atoms with E-state index in [4.69, 9.17) is 4.74 Å². The van der Waals surface area contributed by atoms with Crippen molar-refractivity contribution in [1.29, 1.82) is 0 Å². The lowest BCUT2D eigenvalue weighted by Gasteiger charge is -1.92. The summed E-state index contributed by atoms with van der Waals surface area (Å²) in [5.74, 6) is 0.977. The van der Waals surface area contributed by atoms with Crippen LogP contribution in [0.4, 0.5) is 0 Å². The third kappa shape index (κ3) is 0.378. The third-order valence-electron chi connectivity index (χ3n) is 4.15. The van der Waals surface area contributed by atoms with E-state index in [1.165, 1.54) is 25.7 Å². The molecule has 0 heterocycles. The Morgan fingerprint density at radius 3 is 2.00 bits per heavy atom. The van der Waals surface area contributed by atoms with Gasteiger partial charge in [0, 0.05) is 7.11 Å². The van der Waals surface area contributed by atoms with Gasteiger partial charge in [-0.2, -0.15) is 0 Å². The molecule has 0 saturated heterocycles. The van der Waals surface area contributed by atoms with Crippen molar-refractivity contribution in [1.82, 2.24) is 0 Å². The monoisotopic (exact) mass is 138 g/mol. The van der Waals surface area contributed by atoms with Gasteiger partial charge in [0.15, 0.2) is 0 Å². The third-order valence-corrected chi connectivity index (χ3v) is 4.15. The fourth-order valence-electron chi connectivity index (χ4n) is 3.29. The van der Waals surface area contributed by atoms with E-state index in [0.717, 1.165) is 23.4 Å². The van der Waals surface area contributed by atoms with Crippen molar-refractivity contribution in [3.8, 4) is 0 Å². The van der Waals surface area contributed by atoms with E-state index in [1.807, 2.05) is 7.11 Å². The van der Waals surface area contributed by atoms with Gasteiger partial charge in [-0.25, -0.2) is 0 Å². The summed E-state index contributed by atoms with van der Waals surface area (Å²) in [5, 5.41) is 0. The molecule has 3 rings (SSSR count). The molecule has 10 heavy (non-hydrogen) atoms. The van der Waals surface area contributed by atoms with Crippen LogP contribution in [-0.4, -0.2) is 13.7 Å². The maximum atomic E-state index is 5.22. The number of ether oxygens (including phenoxy) is 1. The van der Waals surface area contributed by atoms with Crippen LogP contribution >= 0.6 is 0 Å². The van der Waals surface area contributed by atoms with Gasteiger partial charge in [-0.05, 0) is 42.4 Å². The van der Waals surface area contributed by atoms with Crippen molar-refractivity contribution in [3.63, 3.8) is 0 Å². The molecular formula is C9H14O. The first kappa shape index (κ1) is 5.59. The summed E-state index contributed by atoms with van der Waals surface area (Å²) in [6.07, 6.45) is 6.06. The van der Waals surface area contributed by atoms with Crippen LogP contribution < -0.4 is 0 Å². The average molecular weight is 138 g/mol. The molecule has 0 aromatic rings. The molecule has 3 saturated carbocycles. The van der Waals surface area contributed by atoms with E-state index in [-0.39, 0.29) is 0 Å². The maximum absolute atomic E-state index is 5.22. The Morgan fingerprint density at radius 1 is 1.20 bits per heavy atom. The van der Waals surface area contributed by atoms with Crippen LogP contribution in [-0.2, 0) is 4.74 Å². The molecule has 0 atom stereocenters. The van der Waals surface area contributed by atoms with Crippen molar-refractivity contribution in [3.05, 3.63) is 0 Å². The van der Waals surface area contributed by atoms with Gasteiger partial charge < -0.3 is 4.74 Å². The lowest BCUT2D eigenvalue weighted by atomic mass is 10.3. The highest BCUT2D eigenvalue weighted by Crippen LogP contribution is 2.92. The zero-order valence-electron chi connectivity index (χ0n) is 6.52. The first-order valence-electron chi connectivity index (χ1n) is 4.35. The summed E-state index contributed by atoms with van der Waals surface area (Å²) in [6.45, 7) is 1.04. The zero-order valence-corrected chi connectivity index (χ0v) is 6.52. The van der Waals surface area contributed by atoms with Crippen LogP contribution in [0.3, 0.4) is 0 Å². The minimum absolute atomic E-state index is 0.850. The molecule has 3 aliphatic rings. The second kappa shape index (κ2) is 1.29. The zero-order chi connectivity index (χ0) is 6.82. The Hall–Kier alpha value is -0.0400. The second-order valence-corrected chi connectivity index (χ2v) is 4.32. The molecule has 0 amide bonds. The molecule has 0 N–H and O–H groups in total. The lowest BCUT2D eigenvalue weighted by molar-refractivity contribution is 0.175. The molecule has 0 aliphatic heterocycles. The Kier molecular flexibility index (Phi) is 0.722. The largest absolute Gasteiger partial charge is 0.384 e. The molecule has 56 valence electrons. The minimum atomic E-state index is 0.850. The Labute approximate surface area is 61.8 Å². The average Bonchev–Trinajstić information content (AvgIpc) is 2.78. The number of rotatable bonds is 2. The Bertz CT molecular complexity index is 159. The summed E-state index contributed by atoms with van der Waals surface area (Å²) < 4.78 is 5.22. The normalized spacial score (nSPS) is 42.3. The standard InChI is InChI=1S/C9H14O/c1-10-6-7-8(2-3-8)9(7)4-5-9/h7H,2-6H2,1H3. The highest BCUT2D eigenvalue weighted by Gasteiger charge is 2.86. The molecule has 0 aromatic heterocycles. The van der Waals surface area contributed by atoms with E-state index in [0.29, 0.717) is 0 Å². The van der Waals surface area contributed by atoms with Gasteiger partial charge in [0.05, 0.1) is 6.61 Å². The molecular weight excluding hydrogens is 124 g/mol. The van der Waals surface area contributed by atoms with Crippen molar-refractivity contribution in [2.45, 2.75) is 25.7 Å². The highest BCUT2D eigenvalue weighted by atomic mass is 16.5. The number of hydrogen-bond acceptors (Lipinski definition) is 1. The molecule has 1 heteroatoms. The topological polar surface area (TPSA) is 9.23 Å². The number of fused-ring (bicyclic) bond motifs is 1. The van der Waals surface area contributed by atoms with Crippen molar-refractivity contribution in [2.24, 2.45) is 16.7 Å². The lowest BCUT2D eigenvalue weighted by Crippen LogP contribution is -1.93. The molecule has 2 spiro atoms. The number of methoxy groups -OCH3 is 1. The van der Waals surface area contributed by atoms with E-state index in [1.54, 1.807) is 0 Å². The van der Waals surface area contributed by atoms with Gasteiger partial charge in [-0.3, -0.25) is 0 Å². The molecule has 1 nitrogen and oxygen atoms in total. The highest BCUT2D eigenvalue weighted by molar-refractivity contribution is 5.34. The smallest absolute Gasteiger partial charge is 0.0501 e. The number of hydrogen-bond donors (Lipinski definition) is 0. The Balaban J connectivity index is 1.78. The first-order valence-corrected chi connectivity index (χ1v) is 4.35. The van der Waals surface area contributed by atoms with Crippen molar-refractivity contribution >= 4 is 0 Å². The fraction of sp³-hybridized carbons (Fsp3) is 1.00. The first-order chi connectivity index (χ1) is 4.86. The van der Waals surface area contributed by atoms with Gasteiger partial charge in [0.2, 0.25) is 0 Å². The van der Waals surface area contributed by atoms with Crippen molar-refractivity contribution in [2.75, 3.05) is 13.7 Å². The minimum Gasteiger partial charge on any atom is -0.384 e. The van der Waals surface area contributed by atoms with E-state index in [9.17, 15) is 0 Å². The van der Waals surface area contributed by atoms with Crippen LogP contribution in [0.5, 0.6) is 0 Å². The molecule has 0 unspecified atom stereocenters. The molecule has 3 fully saturated rings. The van der Waals surface area contributed by atoms with Gasteiger partial charge in [-0.15, -0.1) is 0 Å². The predicted molar refractivity (Wildman–Crippen MR) is 38.7 cm³/mol. The molecule has 0 aromatic carbocycles. The van der Waals surface area contributed by atoms with Gasteiger partial charge in [-0.1, -0.05) is 0 Å². The van der Waals surface area contributed by atoms with Gasteiger partial charge in [0.25, 0.3) is 0 Å². The molecule has 0 radical (unpaired) electrons. The van der Waals surface area contributed by atoms with Crippen LogP contribution in [0.1, 0.15) is 25.7 Å². The molecule has 0 bridgehead atoms. The Morgan fingerprint density at radius 2 is 1.70 bits per heavy atom. The second-order valence-electron chi connectivity index (χ2n) is 4.32. The summed E-state index contributed by atoms with van der Waals surface area (Å²) in [7, 11) is 1.84. The van der Waals surface area contributed by atoms with Crippen molar-refractivity contribution < 1.29 is 4.74 Å². The van der Waals surface area contributed by atoms with Gasteiger partial charge >= 0.3 is 0 Å². The predicted octanol–water partition coefficient (Wildman–Crippen LogP) is 1.82. The van der Waals surface area contributed by atoms with Crippen LogP contribution in [0.15, 0.2) is 0 Å².